The van der Waals surface area contributed by atoms with Crippen LogP contribution in [0.2, 0.25) is 5.02 Å². The summed E-state index contributed by atoms with van der Waals surface area (Å²) in [5.41, 5.74) is 0.572. The van der Waals surface area contributed by atoms with Crippen LogP contribution in [0.4, 0.5) is 4.39 Å². The van der Waals surface area contributed by atoms with Crippen molar-refractivity contribution in [3.05, 3.63) is 55.4 Å². The zero-order chi connectivity index (χ0) is 14.5. The number of hydrogen-bond acceptors (Lipinski definition) is 2. The van der Waals surface area contributed by atoms with E-state index in [1.165, 1.54) is 10.9 Å². The lowest BCUT2D eigenvalue weighted by Crippen LogP contribution is -2.24. The molecule has 1 nitrogen and oxygen atoms in total. The van der Waals surface area contributed by atoms with E-state index < -0.39 is 0 Å². The van der Waals surface area contributed by atoms with Crippen LogP contribution in [0.1, 0.15) is 29.8 Å². The molecule has 0 aliphatic heterocycles. The Morgan fingerprint density at radius 1 is 1.40 bits per heavy atom. The summed E-state index contributed by atoms with van der Waals surface area (Å²) < 4.78 is 15.0. The van der Waals surface area contributed by atoms with Crippen molar-refractivity contribution < 1.29 is 4.39 Å². The number of benzene rings is 1. The smallest absolute Gasteiger partial charge is 0.127 e. The molecule has 0 saturated heterocycles. The average Bonchev–Trinajstić information content (AvgIpc) is 2.84. The molecule has 0 amide bonds. The lowest BCUT2D eigenvalue weighted by Gasteiger charge is -2.19. The lowest BCUT2D eigenvalue weighted by atomic mass is 10.0. The predicted molar refractivity (Wildman–Crippen MR) is 88.2 cm³/mol. The number of hydrogen-bond donors (Lipinski definition) is 1. The maximum absolute atomic E-state index is 14.0. The maximum atomic E-state index is 14.0. The summed E-state index contributed by atoms with van der Waals surface area (Å²) in [4.78, 5) is 1.18. The summed E-state index contributed by atoms with van der Waals surface area (Å²) in [6.45, 7) is 3.00. The van der Waals surface area contributed by atoms with E-state index in [0.717, 1.165) is 17.4 Å². The van der Waals surface area contributed by atoms with E-state index >= 15 is 0 Å². The van der Waals surface area contributed by atoms with Gasteiger partial charge < -0.3 is 5.32 Å². The van der Waals surface area contributed by atoms with Gasteiger partial charge in [-0.1, -0.05) is 24.6 Å². The van der Waals surface area contributed by atoms with Crippen LogP contribution >= 0.6 is 38.9 Å². The Morgan fingerprint density at radius 3 is 2.80 bits per heavy atom. The topological polar surface area (TPSA) is 12.0 Å². The van der Waals surface area contributed by atoms with Crippen LogP contribution in [0.15, 0.2) is 34.1 Å². The largest absolute Gasteiger partial charge is 0.309 e. The van der Waals surface area contributed by atoms with Gasteiger partial charge in [-0.3, -0.25) is 0 Å². The molecule has 0 bridgehead atoms. The predicted octanol–water partition coefficient (Wildman–Crippen LogP) is 5.59. The first-order valence-corrected chi connectivity index (χ1v) is 8.57. The van der Waals surface area contributed by atoms with E-state index in [4.69, 9.17) is 11.6 Å². The van der Waals surface area contributed by atoms with Gasteiger partial charge in [0.1, 0.15) is 5.82 Å². The van der Waals surface area contributed by atoms with Gasteiger partial charge >= 0.3 is 0 Å². The van der Waals surface area contributed by atoms with Crippen molar-refractivity contribution in [1.82, 2.24) is 5.32 Å². The van der Waals surface area contributed by atoms with Gasteiger partial charge in [-0.15, -0.1) is 11.3 Å². The van der Waals surface area contributed by atoms with E-state index in [1.807, 2.05) is 11.4 Å². The van der Waals surface area contributed by atoms with Crippen LogP contribution in [0, 0.1) is 5.82 Å². The van der Waals surface area contributed by atoms with Crippen molar-refractivity contribution in [2.45, 2.75) is 25.8 Å². The van der Waals surface area contributed by atoms with Crippen molar-refractivity contribution in [2.24, 2.45) is 0 Å². The Balaban J connectivity index is 2.26. The average molecular weight is 377 g/mol. The highest BCUT2D eigenvalue weighted by Crippen LogP contribution is 2.33. The third-order valence-electron chi connectivity index (χ3n) is 3.07. The Labute approximate surface area is 136 Å². The fourth-order valence-corrected chi connectivity index (χ4v) is 4.03. The van der Waals surface area contributed by atoms with Crippen LogP contribution in [0.3, 0.4) is 0 Å². The van der Waals surface area contributed by atoms with Crippen molar-refractivity contribution in [2.75, 3.05) is 6.54 Å². The second-order valence-electron chi connectivity index (χ2n) is 4.54. The standard InChI is InChI=1S/C15H16BrClFNS/c1-2-7-19-14(15-11(16)6-8-20-15)9-10-12(17)4-3-5-13(10)18/h3-6,8,14,19H,2,7,9H2,1H3. The van der Waals surface area contributed by atoms with E-state index in [-0.39, 0.29) is 11.9 Å². The van der Waals surface area contributed by atoms with Gasteiger partial charge in [0.05, 0.1) is 0 Å². The van der Waals surface area contributed by atoms with E-state index in [1.54, 1.807) is 23.5 Å². The van der Waals surface area contributed by atoms with Crippen LogP contribution in [0.5, 0.6) is 0 Å². The molecule has 0 radical (unpaired) electrons. The van der Waals surface area contributed by atoms with Crippen LogP contribution in [-0.4, -0.2) is 6.54 Å². The molecule has 0 saturated carbocycles. The maximum Gasteiger partial charge on any atom is 0.127 e. The molecule has 108 valence electrons. The molecule has 1 aromatic carbocycles. The highest BCUT2D eigenvalue weighted by atomic mass is 79.9. The molecule has 0 aliphatic carbocycles. The van der Waals surface area contributed by atoms with Gasteiger partial charge in [-0.2, -0.15) is 0 Å². The van der Waals surface area contributed by atoms with Gasteiger partial charge in [-0.05, 0) is 58.9 Å². The molecule has 1 N–H and O–H groups in total. The Hall–Kier alpha value is -0.420. The quantitative estimate of drug-likeness (QED) is 0.693. The molecule has 0 spiro atoms. The van der Waals surface area contributed by atoms with E-state index in [0.29, 0.717) is 17.0 Å². The molecule has 1 atom stereocenters. The molecular formula is C15H16BrClFNS. The first kappa shape index (κ1) is 16.0. The second kappa shape index (κ2) is 7.55. The summed E-state index contributed by atoms with van der Waals surface area (Å²) in [6, 6.07) is 6.92. The van der Waals surface area contributed by atoms with Gasteiger partial charge in [0.25, 0.3) is 0 Å². The number of halogens is 3. The van der Waals surface area contributed by atoms with Crippen molar-refractivity contribution >= 4 is 38.9 Å². The van der Waals surface area contributed by atoms with Gasteiger partial charge in [-0.25, -0.2) is 4.39 Å². The minimum Gasteiger partial charge on any atom is -0.309 e. The summed E-state index contributed by atoms with van der Waals surface area (Å²) in [7, 11) is 0. The van der Waals surface area contributed by atoms with Gasteiger partial charge in [0, 0.05) is 26.0 Å². The molecule has 2 aromatic rings. The summed E-state index contributed by atoms with van der Waals surface area (Å²) in [6.07, 6.45) is 1.58. The Bertz CT molecular complexity index is 553. The summed E-state index contributed by atoms with van der Waals surface area (Å²) in [5, 5.41) is 5.99. The molecule has 1 unspecified atom stereocenters. The monoisotopic (exact) mass is 375 g/mol. The highest BCUT2D eigenvalue weighted by molar-refractivity contribution is 9.10. The molecule has 2 rings (SSSR count). The normalized spacial score (nSPS) is 12.6. The van der Waals surface area contributed by atoms with Crippen LogP contribution in [-0.2, 0) is 6.42 Å². The third-order valence-corrected chi connectivity index (χ3v) is 5.41. The molecule has 0 aliphatic rings. The number of rotatable bonds is 6. The molecular weight excluding hydrogens is 361 g/mol. The van der Waals surface area contributed by atoms with Crippen molar-refractivity contribution in [3.63, 3.8) is 0 Å². The van der Waals surface area contributed by atoms with Crippen molar-refractivity contribution in [1.29, 1.82) is 0 Å². The molecule has 1 aromatic heterocycles. The summed E-state index contributed by atoms with van der Waals surface area (Å²) >= 11 is 11.3. The molecule has 0 fully saturated rings. The molecule has 20 heavy (non-hydrogen) atoms. The zero-order valence-corrected chi connectivity index (χ0v) is 14.3. The first-order valence-electron chi connectivity index (χ1n) is 6.52. The summed E-state index contributed by atoms with van der Waals surface area (Å²) in [5.74, 6) is -0.242. The number of nitrogens with one attached hydrogen (secondary N) is 1. The van der Waals surface area contributed by atoms with Crippen molar-refractivity contribution in [3.8, 4) is 0 Å². The SMILES string of the molecule is CCCNC(Cc1c(F)cccc1Cl)c1sccc1Br. The third kappa shape index (κ3) is 3.82. The van der Waals surface area contributed by atoms with Gasteiger partial charge in [0.15, 0.2) is 0 Å². The van der Waals surface area contributed by atoms with Gasteiger partial charge in [0.2, 0.25) is 0 Å². The van der Waals surface area contributed by atoms with Crippen LogP contribution in [0.25, 0.3) is 0 Å². The molecule has 1 heterocycles. The Kier molecular flexibility index (Phi) is 6.02. The van der Waals surface area contributed by atoms with Crippen LogP contribution < -0.4 is 5.32 Å². The zero-order valence-electron chi connectivity index (χ0n) is 11.1. The Morgan fingerprint density at radius 2 is 2.20 bits per heavy atom. The number of thiophene rings is 1. The first-order chi connectivity index (χ1) is 9.63. The fraction of sp³-hybridized carbons (Fsp3) is 0.333. The van der Waals surface area contributed by atoms with E-state index in [9.17, 15) is 4.39 Å². The van der Waals surface area contributed by atoms with E-state index in [2.05, 4.69) is 28.2 Å². The minimum atomic E-state index is -0.242. The second-order valence-corrected chi connectivity index (χ2v) is 6.75. The lowest BCUT2D eigenvalue weighted by molar-refractivity contribution is 0.518. The minimum absolute atomic E-state index is 0.0683. The highest BCUT2D eigenvalue weighted by Gasteiger charge is 2.19. The molecule has 5 heteroatoms. The fourth-order valence-electron chi connectivity index (χ4n) is 2.06.